The fourth-order valence-corrected chi connectivity index (χ4v) is 2.67. The van der Waals surface area contributed by atoms with E-state index in [1.807, 2.05) is 43.3 Å². The number of ether oxygens (including phenoxy) is 1. The van der Waals surface area contributed by atoms with Gasteiger partial charge in [-0.15, -0.1) is 0 Å². The largest absolute Gasteiger partial charge is 0.469 e. The number of furan rings is 1. The van der Waals surface area contributed by atoms with Gasteiger partial charge in [-0.3, -0.25) is 4.79 Å². The van der Waals surface area contributed by atoms with Crippen molar-refractivity contribution in [3.8, 4) is 5.69 Å². The molecule has 2 heterocycles. The molecule has 0 saturated heterocycles. The maximum atomic E-state index is 11.9. The number of nitrogens with zero attached hydrogens (tertiary/aromatic N) is 2. The number of benzene rings is 1. The van der Waals surface area contributed by atoms with E-state index in [4.69, 9.17) is 20.8 Å². The van der Waals surface area contributed by atoms with Crippen molar-refractivity contribution in [2.24, 2.45) is 0 Å². The zero-order valence-electron chi connectivity index (χ0n) is 13.2. The second-order valence-corrected chi connectivity index (χ2v) is 5.70. The molecule has 0 fully saturated rings. The number of hydrogen-bond acceptors (Lipinski definition) is 4. The van der Waals surface area contributed by atoms with E-state index in [1.165, 1.54) is 0 Å². The monoisotopic (exact) mass is 344 g/mol. The number of esters is 1. The summed E-state index contributed by atoms with van der Waals surface area (Å²) < 4.78 is 12.2. The molecule has 24 heavy (non-hydrogen) atoms. The molecule has 0 N–H and O–H groups in total. The summed E-state index contributed by atoms with van der Waals surface area (Å²) in [5, 5.41) is 4.88. The number of aryl methyl sites for hydroxylation is 2. The predicted octanol–water partition coefficient (Wildman–Crippen LogP) is 4.10. The van der Waals surface area contributed by atoms with Crippen molar-refractivity contribution in [1.82, 2.24) is 9.78 Å². The van der Waals surface area contributed by atoms with Crippen LogP contribution in [0.25, 0.3) is 5.69 Å². The average molecular weight is 345 g/mol. The minimum Gasteiger partial charge on any atom is -0.469 e. The Labute approximate surface area is 144 Å². The van der Waals surface area contributed by atoms with Gasteiger partial charge in [0.25, 0.3) is 0 Å². The van der Waals surface area contributed by atoms with Gasteiger partial charge in [0.2, 0.25) is 0 Å². The highest BCUT2D eigenvalue weighted by atomic mass is 35.5. The molecule has 6 heteroatoms. The molecule has 3 aromatic rings. The van der Waals surface area contributed by atoms with Crippen molar-refractivity contribution in [3.05, 3.63) is 70.9 Å². The quantitative estimate of drug-likeness (QED) is 0.632. The number of aromatic nitrogens is 2. The second kappa shape index (κ2) is 7.36. The predicted molar refractivity (Wildman–Crippen MR) is 90.1 cm³/mol. The molecule has 0 saturated carbocycles. The van der Waals surface area contributed by atoms with Crippen LogP contribution in [0.3, 0.4) is 0 Å². The second-order valence-electron chi connectivity index (χ2n) is 5.34. The molecule has 0 unspecified atom stereocenters. The van der Waals surface area contributed by atoms with Crippen LogP contribution in [0.15, 0.2) is 53.1 Å². The SMILES string of the molecule is Cc1nn(-c2ccccc2)c(Cl)c1COC(=O)CCc1ccco1. The first-order valence-corrected chi connectivity index (χ1v) is 8.00. The molecule has 0 aliphatic carbocycles. The Morgan fingerprint density at radius 2 is 2.04 bits per heavy atom. The van der Waals surface area contributed by atoms with Gasteiger partial charge in [0.1, 0.15) is 17.5 Å². The van der Waals surface area contributed by atoms with Crippen LogP contribution in [0.5, 0.6) is 0 Å². The lowest BCUT2D eigenvalue weighted by Gasteiger charge is -2.05. The van der Waals surface area contributed by atoms with Crippen LogP contribution in [0.1, 0.15) is 23.4 Å². The first-order chi connectivity index (χ1) is 11.6. The maximum absolute atomic E-state index is 11.9. The van der Waals surface area contributed by atoms with Crippen LogP contribution in [-0.4, -0.2) is 15.7 Å². The minimum atomic E-state index is -0.297. The van der Waals surface area contributed by atoms with E-state index in [0.717, 1.165) is 17.1 Å². The van der Waals surface area contributed by atoms with Gasteiger partial charge in [-0.1, -0.05) is 29.8 Å². The van der Waals surface area contributed by atoms with E-state index >= 15 is 0 Å². The van der Waals surface area contributed by atoms with Crippen molar-refractivity contribution in [3.63, 3.8) is 0 Å². The maximum Gasteiger partial charge on any atom is 0.306 e. The minimum absolute atomic E-state index is 0.106. The molecule has 0 bridgehead atoms. The average Bonchev–Trinajstić information content (AvgIpc) is 3.21. The highest BCUT2D eigenvalue weighted by Gasteiger charge is 2.16. The fraction of sp³-hybridized carbons (Fsp3) is 0.222. The van der Waals surface area contributed by atoms with Crippen LogP contribution in [0.2, 0.25) is 5.15 Å². The summed E-state index contributed by atoms with van der Waals surface area (Å²) in [7, 11) is 0. The Bertz CT molecular complexity index is 810. The smallest absolute Gasteiger partial charge is 0.306 e. The normalized spacial score (nSPS) is 10.8. The molecule has 0 atom stereocenters. The third kappa shape index (κ3) is 3.68. The molecule has 124 valence electrons. The van der Waals surface area contributed by atoms with Crippen LogP contribution >= 0.6 is 11.6 Å². The summed E-state index contributed by atoms with van der Waals surface area (Å²) in [5.74, 6) is 0.465. The van der Waals surface area contributed by atoms with E-state index < -0.39 is 0 Å². The summed E-state index contributed by atoms with van der Waals surface area (Å²) in [4.78, 5) is 11.9. The van der Waals surface area contributed by atoms with E-state index in [2.05, 4.69) is 5.10 Å². The highest BCUT2D eigenvalue weighted by Crippen LogP contribution is 2.24. The summed E-state index contributed by atoms with van der Waals surface area (Å²) in [6, 6.07) is 13.2. The van der Waals surface area contributed by atoms with Crippen molar-refractivity contribution in [1.29, 1.82) is 0 Å². The molecule has 0 aliphatic heterocycles. The lowest BCUT2D eigenvalue weighted by Crippen LogP contribution is -2.06. The van der Waals surface area contributed by atoms with Crippen LogP contribution in [0.4, 0.5) is 0 Å². The number of hydrogen-bond donors (Lipinski definition) is 0. The molecule has 5 nitrogen and oxygen atoms in total. The third-order valence-electron chi connectivity index (χ3n) is 3.66. The van der Waals surface area contributed by atoms with Crippen molar-refractivity contribution < 1.29 is 13.9 Å². The zero-order chi connectivity index (χ0) is 16.9. The summed E-state index contributed by atoms with van der Waals surface area (Å²) in [6.07, 6.45) is 2.36. The van der Waals surface area contributed by atoms with Crippen molar-refractivity contribution in [2.75, 3.05) is 0 Å². The Kier molecular flexibility index (Phi) is 5.01. The number of halogens is 1. The van der Waals surface area contributed by atoms with Crippen LogP contribution in [0, 0.1) is 6.92 Å². The first-order valence-electron chi connectivity index (χ1n) is 7.62. The molecule has 2 aromatic heterocycles. The van der Waals surface area contributed by atoms with Gasteiger partial charge < -0.3 is 9.15 Å². The Morgan fingerprint density at radius 1 is 1.25 bits per heavy atom. The number of carbonyl (C=O) groups is 1. The van der Waals surface area contributed by atoms with Crippen molar-refractivity contribution >= 4 is 17.6 Å². The molecule has 1 aromatic carbocycles. The van der Waals surface area contributed by atoms with Crippen LogP contribution in [-0.2, 0) is 22.6 Å². The molecule has 0 amide bonds. The molecule has 3 rings (SSSR count). The Hall–Kier alpha value is -2.53. The standard InChI is InChI=1S/C18H17ClN2O3/c1-13-16(12-24-17(22)10-9-15-8-5-11-23-15)18(19)21(20-13)14-6-3-2-4-7-14/h2-8,11H,9-10,12H2,1H3. The number of para-hydroxylation sites is 1. The van der Waals surface area contributed by atoms with Gasteiger partial charge in [-0.05, 0) is 31.2 Å². The Morgan fingerprint density at radius 3 is 2.75 bits per heavy atom. The summed E-state index contributed by atoms with van der Waals surface area (Å²) in [6.45, 7) is 1.95. The Balaban J connectivity index is 1.63. The molecule has 0 spiro atoms. The molecule has 0 radical (unpaired) electrons. The number of rotatable bonds is 6. The van der Waals surface area contributed by atoms with Gasteiger partial charge in [0.05, 0.1) is 24.1 Å². The lowest BCUT2D eigenvalue weighted by atomic mass is 10.2. The van der Waals surface area contributed by atoms with Gasteiger partial charge in [0.15, 0.2) is 0 Å². The van der Waals surface area contributed by atoms with Crippen molar-refractivity contribution in [2.45, 2.75) is 26.4 Å². The van der Waals surface area contributed by atoms with Gasteiger partial charge in [-0.25, -0.2) is 4.68 Å². The molecule has 0 aliphatic rings. The van der Waals surface area contributed by atoms with Gasteiger partial charge in [-0.2, -0.15) is 5.10 Å². The molecular formula is C18H17ClN2O3. The van der Waals surface area contributed by atoms with Gasteiger partial charge in [0, 0.05) is 12.0 Å². The summed E-state index contributed by atoms with van der Waals surface area (Å²) in [5.41, 5.74) is 2.32. The van der Waals surface area contributed by atoms with Gasteiger partial charge >= 0.3 is 5.97 Å². The van der Waals surface area contributed by atoms with E-state index in [1.54, 1.807) is 17.0 Å². The first kappa shape index (κ1) is 16.3. The zero-order valence-corrected chi connectivity index (χ0v) is 14.0. The van der Waals surface area contributed by atoms with E-state index in [-0.39, 0.29) is 19.0 Å². The lowest BCUT2D eigenvalue weighted by molar-refractivity contribution is -0.145. The summed E-state index contributed by atoms with van der Waals surface area (Å²) >= 11 is 6.40. The van der Waals surface area contributed by atoms with E-state index in [9.17, 15) is 4.79 Å². The third-order valence-corrected chi connectivity index (χ3v) is 4.04. The topological polar surface area (TPSA) is 57.3 Å². The highest BCUT2D eigenvalue weighted by molar-refractivity contribution is 6.30. The number of carbonyl (C=O) groups excluding carboxylic acids is 1. The van der Waals surface area contributed by atoms with Crippen LogP contribution < -0.4 is 0 Å². The van der Waals surface area contributed by atoms with E-state index in [0.29, 0.717) is 17.1 Å². The molecular weight excluding hydrogens is 328 g/mol. The fourth-order valence-electron chi connectivity index (χ4n) is 2.34.